The van der Waals surface area contributed by atoms with E-state index in [-0.39, 0.29) is 0 Å². The normalized spacial score (nSPS) is 25.2. The van der Waals surface area contributed by atoms with E-state index in [1.54, 1.807) is 0 Å². The Balaban J connectivity index is 1.65. The molecule has 0 aromatic carbocycles. The molecule has 0 spiro atoms. The fourth-order valence-electron chi connectivity index (χ4n) is 3.60. The van der Waals surface area contributed by atoms with Crippen LogP contribution in [0.15, 0.2) is 6.20 Å². The first-order chi connectivity index (χ1) is 9.78. The van der Waals surface area contributed by atoms with Crippen LogP contribution in [-0.2, 0) is 6.54 Å². The largest absolute Gasteiger partial charge is 0.340 e. The average molecular weight is 274 g/mol. The van der Waals surface area contributed by atoms with E-state index in [2.05, 4.69) is 29.0 Å². The molecule has 2 aliphatic rings. The second-order valence-corrected chi connectivity index (χ2v) is 6.31. The lowest BCUT2D eigenvalue weighted by Gasteiger charge is -2.18. The Labute approximate surface area is 122 Å². The molecule has 1 aromatic heterocycles. The summed E-state index contributed by atoms with van der Waals surface area (Å²) in [6.45, 7) is 8.55. The third-order valence-corrected chi connectivity index (χ3v) is 4.82. The van der Waals surface area contributed by atoms with Crippen LogP contribution in [0.2, 0.25) is 0 Å². The molecule has 1 saturated heterocycles. The molecule has 4 heteroatoms. The van der Waals surface area contributed by atoms with Gasteiger partial charge in [0.05, 0.1) is 0 Å². The average Bonchev–Trinajstić information content (AvgIpc) is 3.01. The van der Waals surface area contributed by atoms with Gasteiger partial charge in [-0.15, -0.1) is 0 Å². The van der Waals surface area contributed by atoms with Gasteiger partial charge in [0.1, 0.15) is 0 Å². The summed E-state index contributed by atoms with van der Waals surface area (Å²) >= 11 is 0. The van der Waals surface area contributed by atoms with Crippen molar-refractivity contribution in [3.63, 3.8) is 0 Å². The fraction of sp³-hybridized carbons (Fsp3) is 0.750. The van der Waals surface area contributed by atoms with E-state index in [4.69, 9.17) is 4.98 Å². The van der Waals surface area contributed by atoms with Crippen molar-refractivity contribution in [1.82, 2.24) is 15.3 Å². The van der Waals surface area contributed by atoms with Crippen molar-refractivity contribution in [2.45, 2.75) is 46.1 Å². The maximum atomic E-state index is 4.74. The molecule has 3 rings (SSSR count). The summed E-state index contributed by atoms with van der Waals surface area (Å²) in [5.74, 6) is 2.73. The maximum Gasteiger partial charge on any atom is 0.225 e. The zero-order chi connectivity index (χ0) is 13.9. The quantitative estimate of drug-likeness (QED) is 0.838. The molecule has 2 atom stereocenters. The molecule has 1 aliphatic carbocycles. The van der Waals surface area contributed by atoms with Crippen molar-refractivity contribution in [3.05, 3.63) is 17.5 Å². The predicted octanol–water partition coefficient (Wildman–Crippen LogP) is 2.52. The summed E-state index contributed by atoms with van der Waals surface area (Å²) in [5, 5.41) is 3.42. The highest BCUT2D eigenvalue weighted by Crippen LogP contribution is 2.38. The van der Waals surface area contributed by atoms with Crippen molar-refractivity contribution in [1.29, 1.82) is 0 Å². The van der Waals surface area contributed by atoms with Gasteiger partial charge in [0, 0.05) is 37.1 Å². The number of aryl methyl sites for hydroxylation is 1. The molecule has 2 heterocycles. The number of aromatic nitrogens is 2. The molecule has 20 heavy (non-hydrogen) atoms. The summed E-state index contributed by atoms with van der Waals surface area (Å²) in [7, 11) is 0. The Kier molecular flexibility index (Phi) is 4.20. The molecule has 4 nitrogen and oxygen atoms in total. The lowest BCUT2D eigenvalue weighted by molar-refractivity contribution is 0.494. The van der Waals surface area contributed by atoms with E-state index in [0.717, 1.165) is 56.1 Å². The minimum Gasteiger partial charge on any atom is -0.340 e. The fourth-order valence-corrected chi connectivity index (χ4v) is 3.60. The molecule has 2 unspecified atom stereocenters. The van der Waals surface area contributed by atoms with E-state index in [0.29, 0.717) is 0 Å². The summed E-state index contributed by atoms with van der Waals surface area (Å²) in [6.07, 6.45) is 7.40. The summed E-state index contributed by atoms with van der Waals surface area (Å²) < 4.78 is 0. The molecule has 0 radical (unpaired) electrons. The van der Waals surface area contributed by atoms with Crippen LogP contribution in [0, 0.1) is 18.8 Å². The van der Waals surface area contributed by atoms with Gasteiger partial charge in [-0.1, -0.05) is 13.3 Å². The Morgan fingerprint density at radius 2 is 2.05 bits per heavy atom. The van der Waals surface area contributed by atoms with Crippen LogP contribution in [-0.4, -0.2) is 29.6 Å². The van der Waals surface area contributed by atoms with Gasteiger partial charge in [0.2, 0.25) is 5.95 Å². The lowest BCUT2D eigenvalue weighted by Crippen LogP contribution is -2.24. The van der Waals surface area contributed by atoms with Crippen LogP contribution >= 0.6 is 0 Å². The van der Waals surface area contributed by atoms with Crippen LogP contribution in [0.1, 0.15) is 43.9 Å². The minimum atomic E-state index is 0.880. The Morgan fingerprint density at radius 1 is 1.30 bits per heavy atom. The van der Waals surface area contributed by atoms with E-state index in [1.807, 2.05) is 6.20 Å². The Morgan fingerprint density at radius 3 is 2.70 bits per heavy atom. The van der Waals surface area contributed by atoms with Gasteiger partial charge in [-0.05, 0) is 44.6 Å². The van der Waals surface area contributed by atoms with Gasteiger partial charge in [0.15, 0.2) is 0 Å². The maximum absolute atomic E-state index is 4.74. The first-order valence-corrected chi connectivity index (χ1v) is 8.06. The van der Waals surface area contributed by atoms with Gasteiger partial charge < -0.3 is 10.2 Å². The molecule has 2 fully saturated rings. The van der Waals surface area contributed by atoms with Gasteiger partial charge >= 0.3 is 0 Å². The number of anilines is 1. The van der Waals surface area contributed by atoms with Gasteiger partial charge in [0.25, 0.3) is 0 Å². The molecule has 110 valence electrons. The Hall–Kier alpha value is -1.16. The predicted molar refractivity (Wildman–Crippen MR) is 81.8 cm³/mol. The Bertz CT molecular complexity index is 448. The number of rotatable bonds is 5. The van der Waals surface area contributed by atoms with Crippen molar-refractivity contribution < 1.29 is 0 Å². The van der Waals surface area contributed by atoms with Crippen LogP contribution in [0.25, 0.3) is 0 Å². The van der Waals surface area contributed by atoms with Crippen molar-refractivity contribution in [2.24, 2.45) is 11.8 Å². The molecule has 0 amide bonds. The van der Waals surface area contributed by atoms with E-state index in [1.165, 1.54) is 24.8 Å². The van der Waals surface area contributed by atoms with E-state index >= 15 is 0 Å². The van der Waals surface area contributed by atoms with Crippen LogP contribution < -0.4 is 10.2 Å². The molecular weight excluding hydrogens is 248 g/mol. The molecular formula is C16H26N4. The van der Waals surface area contributed by atoms with E-state index < -0.39 is 0 Å². The smallest absolute Gasteiger partial charge is 0.225 e. The zero-order valence-electron chi connectivity index (χ0n) is 12.7. The number of hydrogen-bond donors (Lipinski definition) is 1. The standard InChI is InChI=1S/C16H26N4/c1-3-7-17-8-15-9-18-16(19-12(15)2)20-10-13-5-4-6-14(13)11-20/h9,13-14,17H,3-8,10-11H2,1-2H3. The van der Waals surface area contributed by atoms with E-state index in [9.17, 15) is 0 Å². The van der Waals surface area contributed by atoms with Crippen molar-refractivity contribution in [3.8, 4) is 0 Å². The summed E-state index contributed by atoms with van der Waals surface area (Å²) in [5.41, 5.74) is 2.34. The zero-order valence-corrected chi connectivity index (χ0v) is 12.7. The number of nitrogens with one attached hydrogen (secondary N) is 1. The third kappa shape index (κ3) is 2.80. The molecule has 0 bridgehead atoms. The second-order valence-electron chi connectivity index (χ2n) is 6.31. The SMILES string of the molecule is CCCNCc1cnc(N2CC3CCCC3C2)nc1C. The van der Waals surface area contributed by atoms with Crippen molar-refractivity contribution in [2.75, 3.05) is 24.5 Å². The number of hydrogen-bond acceptors (Lipinski definition) is 4. The van der Waals surface area contributed by atoms with Gasteiger partial charge in [-0.25, -0.2) is 9.97 Å². The second kappa shape index (κ2) is 6.08. The van der Waals surface area contributed by atoms with Crippen molar-refractivity contribution >= 4 is 5.95 Å². The summed E-state index contributed by atoms with van der Waals surface area (Å²) in [4.78, 5) is 11.7. The monoisotopic (exact) mass is 274 g/mol. The molecule has 1 saturated carbocycles. The van der Waals surface area contributed by atoms with Crippen LogP contribution in [0.4, 0.5) is 5.95 Å². The highest BCUT2D eigenvalue weighted by Gasteiger charge is 2.37. The first kappa shape index (κ1) is 13.8. The first-order valence-electron chi connectivity index (χ1n) is 8.06. The highest BCUT2D eigenvalue weighted by molar-refractivity contribution is 5.35. The third-order valence-electron chi connectivity index (χ3n) is 4.82. The number of nitrogens with zero attached hydrogens (tertiary/aromatic N) is 3. The van der Waals surface area contributed by atoms with Crippen LogP contribution in [0.5, 0.6) is 0 Å². The molecule has 1 N–H and O–H groups in total. The summed E-state index contributed by atoms with van der Waals surface area (Å²) in [6, 6.07) is 0. The molecule has 1 aromatic rings. The van der Waals surface area contributed by atoms with Crippen LogP contribution in [0.3, 0.4) is 0 Å². The number of fused-ring (bicyclic) bond motifs is 1. The minimum absolute atomic E-state index is 0.880. The highest BCUT2D eigenvalue weighted by atomic mass is 15.3. The molecule has 1 aliphatic heterocycles. The van der Waals surface area contributed by atoms with Gasteiger partial charge in [-0.3, -0.25) is 0 Å². The topological polar surface area (TPSA) is 41.1 Å². The van der Waals surface area contributed by atoms with Gasteiger partial charge in [-0.2, -0.15) is 0 Å². The lowest BCUT2D eigenvalue weighted by atomic mass is 10.0.